The zero-order valence-corrected chi connectivity index (χ0v) is 23.0. The van der Waals surface area contributed by atoms with Gasteiger partial charge < -0.3 is 28.0 Å². The zero-order valence-electron chi connectivity index (χ0n) is 23.0. The van der Waals surface area contributed by atoms with Crippen LogP contribution in [0.15, 0.2) is 69.7 Å². The van der Waals surface area contributed by atoms with Crippen LogP contribution in [0.25, 0.3) is 22.8 Å². The number of benzene rings is 3. The van der Waals surface area contributed by atoms with Crippen molar-refractivity contribution in [2.45, 2.75) is 19.8 Å². The van der Waals surface area contributed by atoms with E-state index in [9.17, 15) is 0 Å². The number of nitrogens with zero attached hydrogens (tertiary/aromatic N) is 5. The molecule has 5 aromatic rings. The maximum absolute atomic E-state index is 5.71. The van der Waals surface area contributed by atoms with E-state index >= 15 is 0 Å². The van der Waals surface area contributed by atoms with E-state index in [2.05, 4.69) is 34.1 Å². The Bertz CT molecular complexity index is 1500. The molecule has 0 atom stereocenters. The maximum atomic E-state index is 5.71. The normalized spacial score (nSPS) is 11.0. The summed E-state index contributed by atoms with van der Waals surface area (Å²) in [6.07, 6.45) is 0. The van der Waals surface area contributed by atoms with Crippen LogP contribution in [0.3, 0.4) is 0 Å². The van der Waals surface area contributed by atoms with Gasteiger partial charge in [-0.05, 0) is 60.0 Å². The minimum absolute atomic E-state index is 0.143. The molecule has 0 aliphatic heterocycles. The molecule has 0 radical (unpaired) electrons. The Labute approximate surface area is 231 Å². The summed E-state index contributed by atoms with van der Waals surface area (Å²) in [5.41, 5.74) is 3.24. The molecule has 0 saturated carbocycles. The third kappa shape index (κ3) is 5.13. The first kappa shape index (κ1) is 26.5. The minimum atomic E-state index is 0.143. The molecule has 0 N–H and O–H groups in total. The van der Waals surface area contributed by atoms with Crippen LogP contribution in [0.2, 0.25) is 0 Å². The lowest BCUT2D eigenvalue weighted by molar-refractivity contribution is 0.355. The second-order valence-corrected chi connectivity index (χ2v) is 9.02. The molecule has 11 nitrogen and oxygen atoms in total. The van der Waals surface area contributed by atoms with Gasteiger partial charge in [0.25, 0.3) is 0 Å². The number of hydrogen-bond donors (Lipinski definition) is 0. The van der Waals surface area contributed by atoms with Crippen LogP contribution in [0.4, 0.5) is 17.7 Å². The van der Waals surface area contributed by atoms with Crippen molar-refractivity contribution in [3.63, 3.8) is 0 Å². The molecule has 3 aromatic carbocycles. The molecule has 2 aromatic heterocycles. The number of hydrogen-bond acceptors (Lipinski definition) is 11. The van der Waals surface area contributed by atoms with E-state index in [0.717, 1.165) is 0 Å². The number of methoxy groups -OCH3 is 4. The molecule has 206 valence electrons. The first-order valence-electron chi connectivity index (χ1n) is 12.5. The Morgan fingerprint density at radius 3 is 1.45 bits per heavy atom. The van der Waals surface area contributed by atoms with Crippen LogP contribution < -0.4 is 23.8 Å². The monoisotopic (exact) mass is 543 g/mol. The van der Waals surface area contributed by atoms with Gasteiger partial charge in [0.1, 0.15) is 0 Å². The molecule has 0 aliphatic carbocycles. The van der Waals surface area contributed by atoms with Gasteiger partial charge in [-0.1, -0.05) is 36.3 Å². The van der Waals surface area contributed by atoms with Gasteiger partial charge in [0.05, 0.1) is 34.1 Å². The SMILES string of the molecule is COc1ccc(-c2noc(N(c3ccc(C(C)C)cc3)c3nc(-c4ccc(OC)c(OC)c4)no3)n2)cc1OC. The zero-order chi connectivity index (χ0) is 28.2. The van der Waals surface area contributed by atoms with Crippen molar-refractivity contribution in [1.82, 2.24) is 20.3 Å². The maximum Gasteiger partial charge on any atom is 0.337 e. The molecule has 0 aliphatic rings. The highest BCUT2D eigenvalue weighted by Crippen LogP contribution is 2.38. The van der Waals surface area contributed by atoms with E-state index in [0.29, 0.717) is 57.4 Å². The van der Waals surface area contributed by atoms with Crippen molar-refractivity contribution in [2.24, 2.45) is 0 Å². The number of anilines is 3. The molecular weight excluding hydrogens is 514 g/mol. The molecule has 0 amide bonds. The lowest BCUT2D eigenvalue weighted by atomic mass is 10.0. The molecule has 0 saturated heterocycles. The molecule has 0 fully saturated rings. The second-order valence-electron chi connectivity index (χ2n) is 9.02. The van der Waals surface area contributed by atoms with Crippen LogP contribution in [-0.4, -0.2) is 48.7 Å². The summed E-state index contributed by atoms with van der Waals surface area (Å²) in [4.78, 5) is 10.9. The van der Waals surface area contributed by atoms with Crippen molar-refractivity contribution in [2.75, 3.05) is 33.3 Å². The quantitative estimate of drug-likeness (QED) is 0.194. The summed E-state index contributed by atoms with van der Waals surface area (Å²) < 4.78 is 32.9. The number of aromatic nitrogens is 4. The highest BCUT2D eigenvalue weighted by Gasteiger charge is 2.26. The summed E-state index contributed by atoms with van der Waals surface area (Å²) in [6.45, 7) is 4.27. The summed E-state index contributed by atoms with van der Waals surface area (Å²) in [7, 11) is 6.29. The Balaban J connectivity index is 1.56. The Morgan fingerprint density at radius 1 is 0.600 bits per heavy atom. The van der Waals surface area contributed by atoms with Crippen molar-refractivity contribution < 1.29 is 28.0 Å². The smallest absolute Gasteiger partial charge is 0.337 e. The lowest BCUT2D eigenvalue weighted by Crippen LogP contribution is -2.11. The van der Waals surface area contributed by atoms with Gasteiger partial charge >= 0.3 is 12.0 Å². The van der Waals surface area contributed by atoms with Crippen LogP contribution in [0, 0.1) is 0 Å². The topological polar surface area (TPSA) is 118 Å². The highest BCUT2D eigenvalue weighted by molar-refractivity contribution is 5.70. The van der Waals surface area contributed by atoms with Crippen LogP contribution in [-0.2, 0) is 0 Å². The van der Waals surface area contributed by atoms with Gasteiger partial charge in [-0.3, -0.25) is 0 Å². The first-order chi connectivity index (χ1) is 19.4. The fourth-order valence-electron chi connectivity index (χ4n) is 4.11. The average Bonchev–Trinajstić information content (AvgIpc) is 3.68. The fourth-order valence-corrected chi connectivity index (χ4v) is 4.11. The van der Waals surface area contributed by atoms with Crippen molar-refractivity contribution in [3.05, 3.63) is 66.2 Å². The summed E-state index contributed by atoms with van der Waals surface area (Å²) in [5.74, 6) is 3.33. The third-order valence-corrected chi connectivity index (χ3v) is 6.31. The van der Waals surface area contributed by atoms with E-state index in [4.69, 9.17) is 28.0 Å². The van der Waals surface area contributed by atoms with Crippen molar-refractivity contribution in [1.29, 1.82) is 0 Å². The predicted octanol–water partition coefficient (Wildman–Crippen LogP) is 6.41. The lowest BCUT2D eigenvalue weighted by Gasteiger charge is -2.16. The van der Waals surface area contributed by atoms with E-state index in [1.54, 1.807) is 57.6 Å². The molecule has 11 heteroatoms. The predicted molar refractivity (Wildman–Crippen MR) is 148 cm³/mol. The van der Waals surface area contributed by atoms with Gasteiger partial charge in [0.2, 0.25) is 11.6 Å². The van der Waals surface area contributed by atoms with Gasteiger partial charge in [-0.25, -0.2) is 4.90 Å². The number of rotatable bonds is 10. The van der Waals surface area contributed by atoms with Crippen LogP contribution >= 0.6 is 0 Å². The van der Waals surface area contributed by atoms with Crippen molar-refractivity contribution in [3.8, 4) is 45.8 Å². The molecule has 5 rings (SSSR count). The third-order valence-electron chi connectivity index (χ3n) is 6.31. The molecule has 0 unspecified atom stereocenters. The second kappa shape index (κ2) is 11.4. The molecule has 0 bridgehead atoms. The van der Waals surface area contributed by atoms with Gasteiger partial charge in [-0.15, -0.1) is 0 Å². The Hall–Kier alpha value is -5.06. The average molecular weight is 544 g/mol. The number of ether oxygens (including phenoxy) is 4. The highest BCUT2D eigenvalue weighted by atomic mass is 16.5. The summed E-state index contributed by atoms with van der Waals surface area (Å²) in [5, 5.41) is 8.39. The summed E-state index contributed by atoms with van der Waals surface area (Å²) >= 11 is 0. The van der Waals surface area contributed by atoms with Gasteiger partial charge in [0.15, 0.2) is 23.0 Å². The van der Waals surface area contributed by atoms with E-state index in [-0.39, 0.29) is 12.0 Å². The van der Waals surface area contributed by atoms with E-state index in [1.807, 2.05) is 36.4 Å². The minimum Gasteiger partial charge on any atom is -0.493 e. The van der Waals surface area contributed by atoms with Gasteiger partial charge in [-0.2, -0.15) is 9.97 Å². The largest absolute Gasteiger partial charge is 0.493 e. The summed E-state index contributed by atoms with van der Waals surface area (Å²) in [6, 6.07) is 19.0. The van der Waals surface area contributed by atoms with Crippen LogP contribution in [0.1, 0.15) is 25.3 Å². The van der Waals surface area contributed by atoms with Crippen molar-refractivity contribution >= 4 is 17.7 Å². The molecule has 40 heavy (non-hydrogen) atoms. The Morgan fingerprint density at radius 2 is 1.05 bits per heavy atom. The van der Waals surface area contributed by atoms with E-state index in [1.165, 1.54) is 5.56 Å². The molecule has 2 heterocycles. The molecule has 0 spiro atoms. The van der Waals surface area contributed by atoms with Gasteiger partial charge in [0, 0.05) is 11.1 Å². The first-order valence-corrected chi connectivity index (χ1v) is 12.5. The standard InChI is InChI=1S/C29H29N5O6/c1-17(2)18-7-11-21(12-8-18)34(28-30-26(32-39-28)19-9-13-22(35-3)24(15-19)37-5)29-31-27(33-40-29)20-10-14-23(36-4)25(16-20)38-6/h7-17H,1-6H3. The molecular formula is C29H29N5O6. The van der Waals surface area contributed by atoms with Crippen LogP contribution in [0.5, 0.6) is 23.0 Å². The van der Waals surface area contributed by atoms with E-state index < -0.39 is 0 Å². The fraction of sp³-hybridized carbons (Fsp3) is 0.241. The Kier molecular flexibility index (Phi) is 7.54.